The summed E-state index contributed by atoms with van der Waals surface area (Å²) in [5, 5.41) is 9.18. The first-order chi connectivity index (χ1) is 9.18. The molecule has 1 aromatic carbocycles. The molecule has 1 N–H and O–H groups in total. The SMILES string of the molecule is O=C(O)C1COCC1N1CCc2ccccc2C1=O. The third-order valence-electron chi connectivity index (χ3n) is 3.90. The van der Waals surface area contributed by atoms with Crippen molar-refractivity contribution < 1.29 is 19.4 Å². The number of carbonyl (C=O) groups excluding carboxylic acids is 1. The van der Waals surface area contributed by atoms with Crippen molar-refractivity contribution in [1.82, 2.24) is 4.90 Å². The Hall–Kier alpha value is -1.88. The smallest absolute Gasteiger partial charge is 0.311 e. The normalized spacial score (nSPS) is 26.3. The minimum Gasteiger partial charge on any atom is -0.481 e. The lowest BCUT2D eigenvalue weighted by Crippen LogP contribution is -2.49. The van der Waals surface area contributed by atoms with Gasteiger partial charge >= 0.3 is 5.97 Å². The Kier molecular flexibility index (Phi) is 2.98. The highest BCUT2D eigenvalue weighted by atomic mass is 16.5. The standard InChI is InChI=1S/C14H15NO4/c16-13-10-4-2-1-3-9(10)5-6-15(13)12-8-19-7-11(12)14(17)18/h1-4,11-12H,5-8H2,(H,17,18). The predicted octanol–water partition coefficient (Wildman–Crippen LogP) is 0.784. The number of carbonyl (C=O) groups is 2. The fourth-order valence-corrected chi connectivity index (χ4v) is 2.85. The van der Waals surface area contributed by atoms with Crippen LogP contribution in [-0.2, 0) is 16.0 Å². The van der Waals surface area contributed by atoms with Crippen molar-refractivity contribution >= 4 is 11.9 Å². The molecule has 2 heterocycles. The maximum Gasteiger partial charge on any atom is 0.311 e. The van der Waals surface area contributed by atoms with Gasteiger partial charge in [0.1, 0.15) is 5.92 Å². The molecule has 0 radical (unpaired) electrons. The van der Waals surface area contributed by atoms with Crippen LogP contribution in [0, 0.1) is 5.92 Å². The van der Waals surface area contributed by atoms with Gasteiger partial charge < -0.3 is 14.7 Å². The Morgan fingerprint density at radius 3 is 2.89 bits per heavy atom. The number of fused-ring (bicyclic) bond motifs is 1. The van der Waals surface area contributed by atoms with Gasteiger partial charge in [0.2, 0.25) is 0 Å². The van der Waals surface area contributed by atoms with Crippen LogP contribution >= 0.6 is 0 Å². The molecule has 19 heavy (non-hydrogen) atoms. The number of carboxylic acids is 1. The van der Waals surface area contributed by atoms with E-state index in [0.29, 0.717) is 18.7 Å². The van der Waals surface area contributed by atoms with Crippen LogP contribution in [0.2, 0.25) is 0 Å². The van der Waals surface area contributed by atoms with Crippen LogP contribution in [0.5, 0.6) is 0 Å². The predicted molar refractivity (Wildman–Crippen MR) is 66.9 cm³/mol. The van der Waals surface area contributed by atoms with Crippen molar-refractivity contribution in [2.24, 2.45) is 5.92 Å². The number of aliphatic carboxylic acids is 1. The first kappa shape index (κ1) is 12.2. The highest BCUT2D eigenvalue weighted by Gasteiger charge is 2.41. The summed E-state index contributed by atoms with van der Waals surface area (Å²) in [6.45, 7) is 1.06. The van der Waals surface area contributed by atoms with Gasteiger partial charge in [-0.3, -0.25) is 9.59 Å². The number of carboxylic acid groups (broad SMARTS) is 1. The van der Waals surface area contributed by atoms with E-state index in [2.05, 4.69) is 0 Å². The van der Waals surface area contributed by atoms with Crippen molar-refractivity contribution in [3.05, 3.63) is 35.4 Å². The maximum atomic E-state index is 12.4. The van der Waals surface area contributed by atoms with Crippen molar-refractivity contribution in [2.75, 3.05) is 19.8 Å². The summed E-state index contributed by atoms with van der Waals surface area (Å²) in [7, 11) is 0. The summed E-state index contributed by atoms with van der Waals surface area (Å²) >= 11 is 0. The third kappa shape index (κ3) is 2.00. The van der Waals surface area contributed by atoms with E-state index in [0.717, 1.165) is 12.0 Å². The van der Waals surface area contributed by atoms with Gasteiger partial charge in [-0.05, 0) is 18.1 Å². The van der Waals surface area contributed by atoms with Crippen LogP contribution in [0.4, 0.5) is 0 Å². The fraction of sp³-hybridized carbons (Fsp3) is 0.429. The van der Waals surface area contributed by atoms with Crippen LogP contribution in [0.1, 0.15) is 15.9 Å². The number of ether oxygens (including phenoxy) is 1. The van der Waals surface area contributed by atoms with Crippen molar-refractivity contribution in [1.29, 1.82) is 0 Å². The average Bonchev–Trinajstić information content (AvgIpc) is 2.89. The van der Waals surface area contributed by atoms with Crippen LogP contribution < -0.4 is 0 Å². The van der Waals surface area contributed by atoms with Crippen LogP contribution in [-0.4, -0.2) is 47.7 Å². The van der Waals surface area contributed by atoms with E-state index in [4.69, 9.17) is 4.74 Å². The van der Waals surface area contributed by atoms with E-state index in [1.807, 2.05) is 18.2 Å². The summed E-state index contributed by atoms with van der Waals surface area (Å²) < 4.78 is 5.25. The van der Waals surface area contributed by atoms with Crippen molar-refractivity contribution in [2.45, 2.75) is 12.5 Å². The molecule has 100 valence electrons. The Bertz CT molecular complexity index is 528. The number of amides is 1. The molecule has 0 aromatic heterocycles. The van der Waals surface area contributed by atoms with Gasteiger partial charge in [0, 0.05) is 12.1 Å². The quantitative estimate of drug-likeness (QED) is 0.854. The number of hydrogen-bond acceptors (Lipinski definition) is 3. The lowest BCUT2D eigenvalue weighted by Gasteiger charge is -2.34. The second-order valence-corrected chi connectivity index (χ2v) is 4.96. The summed E-state index contributed by atoms with van der Waals surface area (Å²) in [4.78, 5) is 25.3. The van der Waals surface area contributed by atoms with E-state index in [-0.39, 0.29) is 18.6 Å². The molecular formula is C14H15NO4. The molecule has 1 fully saturated rings. The number of hydrogen-bond donors (Lipinski definition) is 1. The van der Waals surface area contributed by atoms with Gasteiger partial charge in [-0.1, -0.05) is 18.2 Å². The number of nitrogens with zero attached hydrogens (tertiary/aromatic N) is 1. The molecule has 2 aliphatic rings. The lowest BCUT2D eigenvalue weighted by molar-refractivity contribution is -0.142. The molecule has 2 aliphatic heterocycles. The van der Waals surface area contributed by atoms with Gasteiger partial charge in [-0.2, -0.15) is 0 Å². The second-order valence-electron chi connectivity index (χ2n) is 4.96. The molecule has 0 aliphatic carbocycles. The van der Waals surface area contributed by atoms with E-state index < -0.39 is 11.9 Å². The summed E-state index contributed by atoms with van der Waals surface area (Å²) in [6.07, 6.45) is 0.769. The monoisotopic (exact) mass is 261 g/mol. The molecular weight excluding hydrogens is 246 g/mol. The van der Waals surface area contributed by atoms with Gasteiger partial charge in [-0.25, -0.2) is 0 Å². The van der Waals surface area contributed by atoms with E-state index >= 15 is 0 Å². The van der Waals surface area contributed by atoms with Crippen molar-refractivity contribution in [3.8, 4) is 0 Å². The summed E-state index contributed by atoms with van der Waals surface area (Å²) in [5.41, 5.74) is 1.72. The molecule has 1 amide bonds. The molecule has 2 unspecified atom stereocenters. The van der Waals surface area contributed by atoms with E-state index in [9.17, 15) is 14.7 Å². The van der Waals surface area contributed by atoms with Gasteiger partial charge in [0.15, 0.2) is 0 Å². The fourth-order valence-electron chi connectivity index (χ4n) is 2.85. The minimum absolute atomic E-state index is 0.0800. The van der Waals surface area contributed by atoms with Crippen molar-refractivity contribution in [3.63, 3.8) is 0 Å². The molecule has 3 rings (SSSR count). The molecule has 0 bridgehead atoms. The molecule has 0 saturated carbocycles. The zero-order valence-electron chi connectivity index (χ0n) is 10.4. The lowest BCUT2D eigenvalue weighted by atomic mass is 9.94. The molecule has 5 heteroatoms. The maximum absolute atomic E-state index is 12.4. The zero-order chi connectivity index (χ0) is 13.4. The molecule has 0 spiro atoms. The Balaban J connectivity index is 1.88. The van der Waals surface area contributed by atoms with Gasteiger partial charge in [0.25, 0.3) is 5.91 Å². The highest BCUT2D eigenvalue weighted by Crippen LogP contribution is 2.26. The summed E-state index contributed by atoms with van der Waals surface area (Å²) in [6, 6.07) is 7.15. The molecule has 5 nitrogen and oxygen atoms in total. The average molecular weight is 261 g/mol. The third-order valence-corrected chi connectivity index (χ3v) is 3.90. The zero-order valence-corrected chi connectivity index (χ0v) is 10.4. The first-order valence-electron chi connectivity index (χ1n) is 6.38. The largest absolute Gasteiger partial charge is 0.481 e. The number of benzene rings is 1. The van der Waals surface area contributed by atoms with Gasteiger partial charge in [-0.15, -0.1) is 0 Å². The second kappa shape index (κ2) is 4.66. The Morgan fingerprint density at radius 1 is 1.32 bits per heavy atom. The highest BCUT2D eigenvalue weighted by molar-refractivity contribution is 5.97. The minimum atomic E-state index is -0.894. The molecule has 1 aromatic rings. The van der Waals surface area contributed by atoms with Crippen LogP contribution in [0.25, 0.3) is 0 Å². The topological polar surface area (TPSA) is 66.8 Å². The molecule has 2 atom stereocenters. The first-order valence-corrected chi connectivity index (χ1v) is 6.38. The molecule has 1 saturated heterocycles. The summed E-state index contributed by atoms with van der Waals surface area (Å²) in [5.74, 6) is -1.59. The Morgan fingerprint density at radius 2 is 2.11 bits per heavy atom. The Labute approximate surface area is 110 Å². The van der Waals surface area contributed by atoms with Gasteiger partial charge in [0.05, 0.1) is 19.3 Å². The van der Waals surface area contributed by atoms with E-state index in [1.54, 1.807) is 11.0 Å². The van der Waals surface area contributed by atoms with Crippen LogP contribution in [0.3, 0.4) is 0 Å². The van der Waals surface area contributed by atoms with Crippen LogP contribution in [0.15, 0.2) is 24.3 Å². The number of rotatable bonds is 2. The van der Waals surface area contributed by atoms with E-state index in [1.165, 1.54) is 0 Å².